The zero-order valence-electron chi connectivity index (χ0n) is 7.86. The fourth-order valence-corrected chi connectivity index (χ4v) is 6.31. The molecule has 0 aromatic carbocycles. The van der Waals surface area contributed by atoms with E-state index in [1.165, 1.54) is 0 Å². The lowest BCUT2D eigenvalue weighted by molar-refractivity contribution is -0.167. The minimum atomic E-state index is -2.85. The van der Waals surface area contributed by atoms with Crippen LogP contribution in [0, 0.1) is 0 Å². The van der Waals surface area contributed by atoms with Gasteiger partial charge in [-0.2, -0.15) is 0 Å². The van der Waals surface area contributed by atoms with Gasteiger partial charge in [0.2, 0.25) is 0 Å². The number of carbonyl (C=O) groups excluding carboxylic acids is 1. The Hall–Kier alpha value is -0.270. The van der Waals surface area contributed by atoms with Crippen molar-refractivity contribution in [3.63, 3.8) is 0 Å². The molecule has 1 N–H and O–H groups in total. The molecule has 0 amide bonds. The van der Waals surface area contributed by atoms with Gasteiger partial charge in [0.25, 0.3) is 12.6 Å². The van der Waals surface area contributed by atoms with Crippen molar-refractivity contribution >= 4 is 28.1 Å². The molecule has 0 radical (unpaired) electrons. The number of rotatable bonds is 2. The van der Waals surface area contributed by atoms with Crippen molar-refractivity contribution in [1.29, 1.82) is 0 Å². The molecule has 14 heavy (non-hydrogen) atoms. The van der Waals surface area contributed by atoms with Gasteiger partial charge in [0.05, 0.1) is 8.93 Å². The summed E-state index contributed by atoms with van der Waals surface area (Å²) >= 11 is 0. The van der Waals surface area contributed by atoms with Crippen molar-refractivity contribution in [3.8, 4) is 0 Å². The van der Waals surface area contributed by atoms with E-state index in [4.69, 9.17) is 9.84 Å². The zero-order chi connectivity index (χ0) is 11.1. The van der Waals surface area contributed by atoms with Gasteiger partial charge in [-0.25, -0.2) is 9.59 Å². The van der Waals surface area contributed by atoms with E-state index >= 15 is 0 Å². The van der Waals surface area contributed by atoms with E-state index in [-0.39, 0.29) is 5.66 Å². The van der Waals surface area contributed by atoms with Crippen LogP contribution in [0.1, 0.15) is 20.3 Å². The number of hydrogen-bond donors (Lipinski definition) is 1. The molecule has 4 nitrogen and oxygen atoms in total. The molecule has 1 aliphatic rings. The van der Waals surface area contributed by atoms with Crippen molar-refractivity contribution in [1.82, 2.24) is 0 Å². The molecule has 0 aromatic rings. The molecule has 1 saturated heterocycles. The highest BCUT2D eigenvalue weighted by Crippen LogP contribution is 2.98. The van der Waals surface area contributed by atoms with Crippen LogP contribution in [0.15, 0.2) is 0 Å². The molecule has 0 bridgehead atoms. The molecular weight excluding hydrogens is 229 g/mol. The third kappa shape index (κ3) is 1.43. The van der Waals surface area contributed by atoms with Crippen molar-refractivity contribution in [2.24, 2.45) is 0 Å². The van der Waals surface area contributed by atoms with Crippen LogP contribution in [0.25, 0.3) is 0 Å². The number of carboxylic acids is 1. The molecule has 4 atom stereocenters. The first-order valence-electron chi connectivity index (χ1n) is 4.13. The van der Waals surface area contributed by atoms with Crippen LogP contribution < -0.4 is 0 Å². The fraction of sp³-hybridized carbons (Fsp3) is 0.714. The Bertz CT molecular complexity index is 293. The highest BCUT2D eigenvalue weighted by atomic mass is 32.1. The lowest BCUT2D eigenvalue weighted by Gasteiger charge is -2.08. The Labute approximate surface area is 83.8 Å². The smallest absolute Gasteiger partial charge is 0.420 e. The summed E-state index contributed by atoms with van der Waals surface area (Å²) in [6.07, 6.45) is 0.307. The summed E-state index contributed by atoms with van der Waals surface area (Å²) in [4.78, 5) is 21.1. The molecule has 1 rings (SSSR count). The second-order valence-electron chi connectivity index (χ2n) is 3.26. The number of ether oxygens (including phenoxy) is 1. The Morgan fingerprint density at radius 2 is 2.14 bits per heavy atom. The van der Waals surface area contributed by atoms with Crippen LogP contribution in [0.4, 0.5) is 4.20 Å². The molecule has 0 aliphatic carbocycles. The highest BCUT2D eigenvalue weighted by molar-refractivity contribution is 8.27. The van der Waals surface area contributed by atoms with E-state index in [1.54, 1.807) is 13.8 Å². The molecule has 1 aliphatic heterocycles. The van der Waals surface area contributed by atoms with Gasteiger partial charge in [-0.15, -0.1) is 0 Å². The summed E-state index contributed by atoms with van der Waals surface area (Å²) in [7, 11) is -0.778. The number of halogens is 1. The molecule has 80 valence electrons. The molecule has 1 fully saturated rings. The minimum Gasteiger partial charge on any atom is -0.473 e. The first-order chi connectivity index (χ1) is 6.29. The molecule has 0 spiro atoms. The van der Waals surface area contributed by atoms with Gasteiger partial charge in [-0.05, 0) is 6.92 Å². The van der Waals surface area contributed by atoms with E-state index < -0.39 is 24.5 Å². The maximum atomic E-state index is 13.7. The maximum absolute atomic E-state index is 13.7. The van der Waals surface area contributed by atoms with Crippen LogP contribution >= 0.6 is 16.2 Å². The largest absolute Gasteiger partial charge is 0.473 e. The van der Waals surface area contributed by atoms with E-state index in [0.29, 0.717) is 6.42 Å². The number of carboxylic acid groups (broad SMARTS) is 1. The van der Waals surface area contributed by atoms with Gasteiger partial charge in [-0.1, -0.05) is 11.1 Å². The number of esters is 1. The molecule has 1 heterocycles. The van der Waals surface area contributed by atoms with Crippen LogP contribution in [0.5, 0.6) is 0 Å². The number of aliphatic carboxylic acids is 1. The maximum Gasteiger partial charge on any atom is 0.420 e. The molecule has 7 heteroatoms. The second kappa shape index (κ2) is 3.39. The summed E-state index contributed by atoms with van der Waals surface area (Å²) in [5.74, 6) is -3.05. The fourth-order valence-electron chi connectivity index (χ4n) is 1.58. The number of hydrogen-bond acceptors (Lipinski definition) is 3. The third-order valence-corrected chi connectivity index (χ3v) is 8.55. The van der Waals surface area contributed by atoms with Crippen molar-refractivity contribution in [2.75, 3.05) is 0 Å². The predicted molar refractivity (Wildman–Crippen MR) is 53.9 cm³/mol. The van der Waals surface area contributed by atoms with Crippen LogP contribution in [0.2, 0.25) is 0 Å². The monoisotopic (exact) mass is 241 g/mol. The predicted octanol–water partition coefficient (Wildman–Crippen LogP) is 1.81. The van der Waals surface area contributed by atoms with Crippen molar-refractivity contribution in [3.05, 3.63) is 0 Å². The first kappa shape index (κ1) is 11.8. The number of carbonyl (C=O) groups is 2. The normalized spacial score (nSPS) is 40.4. The lowest BCUT2D eigenvalue weighted by Crippen LogP contribution is -2.27. The SMILES string of the molecule is CCC1(OC(=O)C(=O)O)C(C)[P+]1(F)P. The summed E-state index contributed by atoms with van der Waals surface area (Å²) in [6, 6.07) is 0. The average Bonchev–Trinajstić information content (AvgIpc) is 2.50. The molecule has 0 aromatic heterocycles. The van der Waals surface area contributed by atoms with Crippen molar-refractivity contribution in [2.45, 2.75) is 31.3 Å². The topological polar surface area (TPSA) is 63.6 Å². The van der Waals surface area contributed by atoms with E-state index in [1.807, 2.05) is 0 Å². The van der Waals surface area contributed by atoms with Crippen LogP contribution in [0.3, 0.4) is 0 Å². The molecular formula is C7H12FO4P2+. The third-order valence-electron chi connectivity index (χ3n) is 2.68. The molecule has 0 saturated carbocycles. The second-order valence-corrected chi connectivity index (χ2v) is 8.42. The minimum absolute atomic E-state index is 0.307. The summed E-state index contributed by atoms with van der Waals surface area (Å²) in [5, 5.41) is 7.16. The van der Waals surface area contributed by atoms with E-state index in [9.17, 15) is 13.8 Å². The van der Waals surface area contributed by atoms with Crippen LogP contribution in [-0.4, -0.2) is 28.0 Å². The Morgan fingerprint density at radius 1 is 1.71 bits per heavy atom. The van der Waals surface area contributed by atoms with Gasteiger partial charge in [-0.3, -0.25) is 0 Å². The summed E-state index contributed by atoms with van der Waals surface area (Å²) in [5.41, 5.74) is -0.381. The summed E-state index contributed by atoms with van der Waals surface area (Å²) < 4.78 is 18.4. The van der Waals surface area contributed by atoms with Gasteiger partial charge < -0.3 is 9.84 Å². The van der Waals surface area contributed by atoms with Crippen LogP contribution in [-0.2, 0) is 14.3 Å². The van der Waals surface area contributed by atoms with Gasteiger partial charge >= 0.3 is 11.9 Å². The van der Waals surface area contributed by atoms with E-state index in [0.717, 1.165) is 0 Å². The quantitative estimate of drug-likeness (QED) is 0.455. The van der Waals surface area contributed by atoms with Crippen molar-refractivity contribution < 1.29 is 23.6 Å². The highest BCUT2D eigenvalue weighted by Gasteiger charge is 2.87. The van der Waals surface area contributed by atoms with Gasteiger partial charge in [0.15, 0.2) is 5.66 Å². The lowest BCUT2D eigenvalue weighted by atomic mass is 10.2. The Kier molecular flexibility index (Phi) is 2.86. The zero-order valence-corrected chi connectivity index (χ0v) is 9.91. The van der Waals surface area contributed by atoms with E-state index in [2.05, 4.69) is 8.93 Å². The Balaban J connectivity index is 2.77. The van der Waals surface area contributed by atoms with Gasteiger partial charge in [0.1, 0.15) is 0 Å². The Morgan fingerprint density at radius 3 is 2.36 bits per heavy atom. The first-order valence-corrected chi connectivity index (χ1v) is 7.49. The van der Waals surface area contributed by atoms with Gasteiger partial charge in [0, 0.05) is 6.42 Å². The average molecular weight is 241 g/mol. The summed E-state index contributed by atoms with van der Waals surface area (Å²) in [6.45, 7) is 3.30. The molecule has 4 unspecified atom stereocenters. The standard InChI is InChI=1S/C7H11FO4P2/c1-3-7(4(2)14(7,8)13)12-6(11)5(9)10/h4H,3,13H2,1-2H3/p+1.